The molecule has 0 saturated carbocycles. The van der Waals surface area contributed by atoms with Crippen LogP contribution in [0.4, 0.5) is 4.39 Å². The quantitative estimate of drug-likeness (QED) is 0.265. The number of carbonyl (C=O) groups excluding carboxylic acids is 1. The molecule has 9 nitrogen and oxygen atoms in total. The van der Waals surface area contributed by atoms with Gasteiger partial charge in [0.1, 0.15) is 11.4 Å². The Labute approximate surface area is 201 Å². The molecular formula is C24H24FN3O6S. The number of rotatable bonds is 6. The zero-order chi connectivity index (χ0) is 25.4. The van der Waals surface area contributed by atoms with E-state index in [0.717, 1.165) is 11.8 Å². The van der Waals surface area contributed by atoms with Crippen LogP contribution in [0.1, 0.15) is 30.0 Å². The second-order valence-electron chi connectivity index (χ2n) is 8.83. The summed E-state index contributed by atoms with van der Waals surface area (Å²) in [7, 11) is -3.84. The fraction of sp³-hybridized carbons (Fsp3) is 0.333. The topological polar surface area (TPSA) is 131 Å². The highest BCUT2D eigenvalue weighted by Gasteiger charge is 2.43. The van der Waals surface area contributed by atoms with E-state index < -0.39 is 31.9 Å². The van der Waals surface area contributed by atoms with Gasteiger partial charge in [-0.25, -0.2) is 18.3 Å². The van der Waals surface area contributed by atoms with Gasteiger partial charge < -0.3 is 9.84 Å². The Kier molecular flexibility index (Phi) is 6.42. The molecule has 2 heterocycles. The standard InChI is InChI=1S/C24H24FN3O6S/c1-23(22(29)27-31,35(2,32)33)9-10-28-13-18-11-17(20(25)12-21(18)26-28)6-3-16-4-7-19(8-5-16)24(30)14-34-15-24/h4-5,7-8,11-13,30-31H,9-10,14-15H2,1-2H3,(H,27,29)/t23-/m1/s1. The van der Waals surface area contributed by atoms with Crippen LogP contribution in [0.5, 0.6) is 0 Å². The van der Waals surface area contributed by atoms with E-state index in [1.54, 1.807) is 36.5 Å². The van der Waals surface area contributed by atoms with Crippen LogP contribution in [0.3, 0.4) is 0 Å². The molecule has 3 N–H and O–H groups in total. The van der Waals surface area contributed by atoms with E-state index in [1.807, 2.05) is 0 Å². The van der Waals surface area contributed by atoms with Gasteiger partial charge in [0.15, 0.2) is 14.6 Å². The third-order valence-electron chi connectivity index (χ3n) is 6.30. The van der Waals surface area contributed by atoms with Gasteiger partial charge in [-0.2, -0.15) is 5.10 Å². The van der Waals surface area contributed by atoms with E-state index in [4.69, 9.17) is 9.94 Å². The molecule has 0 aliphatic carbocycles. The maximum Gasteiger partial charge on any atom is 0.264 e. The number of aromatic nitrogens is 2. The first-order valence-corrected chi connectivity index (χ1v) is 12.6. The minimum atomic E-state index is -3.84. The summed E-state index contributed by atoms with van der Waals surface area (Å²) < 4.78 is 43.5. The smallest absolute Gasteiger partial charge is 0.264 e. The number of carbonyl (C=O) groups is 1. The first-order chi connectivity index (χ1) is 16.4. The number of hydrogen-bond donors (Lipinski definition) is 3. The average molecular weight is 502 g/mol. The number of halogens is 1. The molecule has 1 aliphatic heterocycles. The molecule has 1 aliphatic rings. The van der Waals surface area contributed by atoms with Crippen molar-refractivity contribution in [2.45, 2.75) is 30.2 Å². The molecule has 1 fully saturated rings. The van der Waals surface area contributed by atoms with Crippen LogP contribution < -0.4 is 5.48 Å². The normalized spacial score (nSPS) is 16.6. The summed E-state index contributed by atoms with van der Waals surface area (Å²) in [4.78, 5) is 12.0. The zero-order valence-electron chi connectivity index (χ0n) is 19.1. The van der Waals surface area contributed by atoms with E-state index in [1.165, 1.54) is 23.2 Å². The number of fused-ring (bicyclic) bond motifs is 1. The van der Waals surface area contributed by atoms with Gasteiger partial charge in [-0.3, -0.25) is 14.7 Å². The Bertz CT molecular complexity index is 1450. The molecule has 0 spiro atoms. The van der Waals surface area contributed by atoms with E-state index in [2.05, 4.69) is 16.9 Å². The molecule has 0 unspecified atom stereocenters. The summed E-state index contributed by atoms with van der Waals surface area (Å²) in [6, 6.07) is 9.79. The lowest BCUT2D eigenvalue weighted by Gasteiger charge is -2.36. The van der Waals surface area contributed by atoms with E-state index in [0.29, 0.717) is 16.5 Å². The minimum absolute atomic E-state index is 0.0397. The van der Waals surface area contributed by atoms with Crippen molar-refractivity contribution in [2.75, 3.05) is 19.5 Å². The summed E-state index contributed by atoms with van der Waals surface area (Å²) >= 11 is 0. The average Bonchev–Trinajstić information content (AvgIpc) is 3.20. The van der Waals surface area contributed by atoms with Crippen LogP contribution in [0.15, 0.2) is 42.6 Å². The number of sulfone groups is 1. The fourth-order valence-electron chi connectivity index (χ4n) is 3.69. The molecule has 3 aromatic rings. The van der Waals surface area contributed by atoms with Gasteiger partial charge >= 0.3 is 0 Å². The molecule has 1 saturated heterocycles. The van der Waals surface area contributed by atoms with Crippen LogP contribution in [0.25, 0.3) is 10.9 Å². The molecule has 1 amide bonds. The van der Waals surface area contributed by atoms with Crippen molar-refractivity contribution in [1.29, 1.82) is 0 Å². The van der Waals surface area contributed by atoms with Crippen LogP contribution in [0, 0.1) is 17.7 Å². The van der Waals surface area contributed by atoms with Crippen molar-refractivity contribution in [1.82, 2.24) is 15.3 Å². The molecule has 35 heavy (non-hydrogen) atoms. The summed E-state index contributed by atoms with van der Waals surface area (Å²) in [5, 5.41) is 24.1. The lowest BCUT2D eigenvalue weighted by atomic mass is 9.91. The van der Waals surface area contributed by atoms with Gasteiger partial charge in [0.2, 0.25) is 0 Å². The Morgan fingerprint density at radius 1 is 1.29 bits per heavy atom. The SMILES string of the molecule is C[C@@](CCn1cc2cc(C#Cc3ccc(C4(O)COC4)cc3)c(F)cc2n1)(C(=O)NO)S(C)(=O)=O. The van der Waals surface area contributed by atoms with E-state index >= 15 is 0 Å². The van der Waals surface area contributed by atoms with Crippen molar-refractivity contribution >= 4 is 26.6 Å². The molecular weight excluding hydrogens is 477 g/mol. The van der Waals surface area contributed by atoms with Gasteiger partial charge in [0.25, 0.3) is 5.91 Å². The van der Waals surface area contributed by atoms with Gasteiger partial charge in [-0.05, 0) is 37.1 Å². The number of aliphatic hydroxyl groups is 1. The Morgan fingerprint density at radius 3 is 2.54 bits per heavy atom. The van der Waals surface area contributed by atoms with Crippen LogP contribution in [0.2, 0.25) is 0 Å². The van der Waals surface area contributed by atoms with E-state index in [-0.39, 0.29) is 31.7 Å². The zero-order valence-corrected chi connectivity index (χ0v) is 19.9. The Hall–Kier alpha value is -3.30. The fourth-order valence-corrected chi connectivity index (χ4v) is 4.53. The Morgan fingerprint density at radius 2 is 1.97 bits per heavy atom. The molecule has 4 rings (SSSR count). The monoisotopic (exact) mass is 501 g/mol. The second kappa shape index (κ2) is 9.05. The number of benzene rings is 2. The Balaban J connectivity index is 1.54. The van der Waals surface area contributed by atoms with E-state index in [9.17, 15) is 22.7 Å². The summed E-state index contributed by atoms with van der Waals surface area (Å²) in [6.45, 7) is 1.76. The highest BCUT2D eigenvalue weighted by molar-refractivity contribution is 7.92. The minimum Gasteiger partial charge on any atom is -0.380 e. The van der Waals surface area contributed by atoms with Crippen molar-refractivity contribution in [3.8, 4) is 11.8 Å². The lowest BCUT2D eigenvalue weighted by Crippen LogP contribution is -2.49. The first kappa shape index (κ1) is 24.8. The van der Waals surface area contributed by atoms with Gasteiger partial charge in [-0.15, -0.1) is 0 Å². The number of amides is 1. The maximum absolute atomic E-state index is 14.6. The summed E-state index contributed by atoms with van der Waals surface area (Å²) in [5.74, 6) is 4.11. The van der Waals surface area contributed by atoms with Gasteiger partial charge in [0, 0.05) is 36.0 Å². The molecule has 0 bridgehead atoms. The van der Waals surface area contributed by atoms with Crippen LogP contribution >= 0.6 is 0 Å². The van der Waals surface area contributed by atoms with Crippen molar-refractivity contribution in [3.63, 3.8) is 0 Å². The van der Waals surface area contributed by atoms with Crippen LogP contribution in [-0.2, 0) is 31.5 Å². The highest BCUT2D eigenvalue weighted by Crippen LogP contribution is 2.29. The van der Waals surface area contributed by atoms with Crippen molar-refractivity contribution < 1.29 is 32.7 Å². The van der Waals surface area contributed by atoms with Gasteiger partial charge in [-0.1, -0.05) is 24.0 Å². The predicted octanol–water partition coefficient (Wildman–Crippen LogP) is 1.49. The number of nitrogens with zero attached hydrogens (tertiary/aromatic N) is 2. The largest absolute Gasteiger partial charge is 0.380 e. The number of hydrogen-bond acceptors (Lipinski definition) is 7. The maximum atomic E-state index is 14.6. The number of ether oxygens (including phenoxy) is 1. The predicted molar refractivity (Wildman–Crippen MR) is 125 cm³/mol. The highest BCUT2D eigenvalue weighted by atomic mass is 32.2. The lowest BCUT2D eigenvalue weighted by molar-refractivity contribution is -0.184. The van der Waals surface area contributed by atoms with Crippen molar-refractivity contribution in [3.05, 3.63) is 65.1 Å². The molecule has 2 aromatic carbocycles. The summed E-state index contributed by atoms with van der Waals surface area (Å²) in [6.07, 6.45) is 2.37. The molecule has 0 radical (unpaired) electrons. The second-order valence-corrected chi connectivity index (χ2v) is 11.3. The van der Waals surface area contributed by atoms with Crippen molar-refractivity contribution in [2.24, 2.45) is 0 Å². The number of aryl methyl sites for hydroxylation is 1. The summed E-state index contributed by atoms with van der Waals surface area (Å²) in [5.41, 5.74) is 2.33. The van der Waals surface area contributed by atoms with Gasteiger partial charge in [0.05, 0.1) is 24.3 Å². The number of nitrogens with one attached hydrogen (secondary N) is 1. The molecule has 1 atom stereocenters. The number of hydroxylamine groups is 1. The third kappa shape index (κ3) is 4.78. The molecule has 1 aromatic heterocycles. The molecule has 184 valence electrons. The van der Waals surface area contributed by atoms with Crippen LogP contribution in [-0.4, -0.2) is 58.6 Å². The first-order valence-electron chi connectivity index (χ1n) is 10.7. The third-order valence-corrected chi connectivity index (χ3v) is 8.33. The molecule has 11 heteroatoms.